The summed E-state index contributed by atoms with van der Waals surface area (Å²) in [7, 11) is -2.17. The zero-order chi connectivity index (χ0) is 19.6. The minimum absolute atomic E-state index is 0.124. The average molecular weight is 413 g/mol. The van der Waals surface area contributed by atoms with Crippen molar-refractivity contribution >= 4 is 37.3 Å². The molecule has 1 N–H and O–H groups in total. The van der Waals surface area contributed by atoms with E-state index in [1.807, 2.05) is 11.4 Å². The van der Waals surface area contributed by atoms with Gasteiger partial charge in [-0.05, 0) is 60.0 Å². The van der Waals surface area contributed by atoms with Gasteiger partial charge in [-0.3, -0.25) is 4.72 Å². The Bertz CT molecular complexity index is 1200. The van der Waals surface area contributed by atoms with Gasteiger partial charge >= 0.3 is 0 Å². The van der Waals surface area contributed by atoms with Gasteiger partial charge in [0.1, 0.15) is 22.7 Å². The molecule has 2 aromatic carbocycles. The first-order valence-electron chi connectivity index (χ1n) is 8.18. The predicted octanol–water partition coefficient (Wildman–Crippen LogP) is 4.29. The minimum atomic E-state index is -3.72. The van der Waals surface area contributed by atoms with Crippen LogP contribution in [-0.2, 0) is 10.0 Å². The van der Waals surface area contributed by atoms with Gasteiger partial charge in [-0.15, -0.1) is 11.3 Å². The zero-order valence-electron chi connectivity index (χ0n) is 14.7. The number of benzene rings is 2. The van der Waals surface area contributed by atoms with E-state index >= 15 is 0 Å². The Morgan fingerprint density at radius 3 is 2.36 bits per heavy atom. The van der Waals surface area contributed by atoms with Crippen LogP contribution in [0.1, 0.15) is 0 Å². The number of methoxy groups -OCH3 is 1. The van der Waals surface area contributed by atoms with E-state index in [0.29, 0.717) is 23.1 Å². The Kier molecular flexibility index (Phi) is 4.84. The summed E-state index contributed by atoms with van der Waals surface area (Å²) >= 11 is 1.49. The Labute approximate surface area is 165 Å². The molecule has 9 heteroatoms. The highest BCUT2D eigenvalue weighted by molar-refractivity contribution is 7.92. The van der Waals surface area contributed by atoms with Crippen LogP contribution in [-0.4, -0.2) is 25.5 Å². The van der Waals surface area contributed by atoms with Gasteiger partial charge in [0, 0.05) is 5.69 Å². The first-order valence-corrected chi connectivity index (χ1v) is 10.5. The lowest BCUT2D eigenvalue weighted by molar-refractivity contribution is 0.415. The van der Waals surface area contributed by atoms with Crippen molar-refractivity contribution in [2.45, 2.75) is 4.90 Å². The molecular weight excluding hydrogens is 398 g/mol. The molecule has 4 aromatic rings. The summed E-state index contributed by atoms with van der Waals surface area (Å²) in [5.74, 6) is 1.56. The van der Waals surface area contributed by atoms with Gasteiger partial charge in [0.2, 0.25) is 5.88 Å². The number of aromatic nitrogens is 2. The smallest absolute Gasteiger partial charge is 0.261 e. The number of nitrogens with one attached hydrogen (secondary N) is 1. The molecule has 2 heterocycles. The Balaban J connectivity index is 1.52. The summed E-state index contributed by atoms with van der Waals surface area (Å²) in [5.41, 5.74) is 0.446. The number of nitrogens with zero attached hydrogens (tertiary/aromatic N) is 2. The molecule has 0 aliphatic heterocycles. The fourth-order valence-corrected chi connectivity index (χ4v) is 4.30. The van der Waals surface area contributed by atoms with Crippen molar-refractivity contribution in [2.75, 3.05) is 11.8 Å². The SMILES string of the molecule is COc1ccc(NS(=O)(=O)c2ccc(Oc3ncnc4sccc34)cc2)cc1. The molecule has 0 aliphatic carbocycles. The van der Waals surface area contributed by atoms with Crippen LogP contribution in [0.3, 0.4) is 0 Å². The molecule has 0 amide bonds. The van der Waals surface area contributed by atoms with Gasteiger partial charge in [-0.2, -0.15) is 0 Å². The lowest BCUT2D eigenvalue weighted by Gasteiger charge is -2.10. The van der Waals surface area contributed by atoms with E-state index in [9.17, 15) is 8.42 Å². The third-order valence-electron chi connectivity index (χ3n) is 3.92. The minimum Gasteiger partial charge on any atom is -0.497 e. The monoisotopic (exact) mass is 413 g/mol. The highest BCUT2D eigenvalue weighted by Crippen LogP contribution is 2.30. The molecule has 4 rings (SSSR count). The number of hydrogen-bond acceptors (Lipinski definition) is 7. The Morgan fingerprint density at radius 2 is 1.64 bits per heavy atom. The van der Waals surface area contributed by atoms with Crippen molar-refractivity contribution in [3.8, 4) is 17.4 Å². The van der Waals surface area contributed by atoms with Crippen molar-refractivity contribution in [1.82, 2.24) is 9.97 Å². The lowest BCUT2D eigenvalue weighted by atomic mass is 10.3. The van der Waals surface area contributed by atoms with Gasteiger partial charge in [-0.1, -0.05) is 0 Å². The number of sulfonamides is 1. The molecule has 0 bridgehead atoms. The van der Waals surface area contributed by atoms with Gasteiger partial charge < -0.3 is 9.47 Å². The summed E-state index contributed by atoms with van der Waals surface area (Å²) in [6, 6.07) is 14.6. The molecule has 142 valence electrons. The van der Waals surface area contributed by atoms with Crippen molar-refractivity contribution < 1.29 is 17.9 Å². The van der Waals surface area contributed by atoms with Crippen molar-refractivity contribution in [3.63, 3.8) is 0 Å². The summed E-state index contributed by atoms with van der Waals surface area (Å²) in [4.78, 5) is 9.27. The second-order valence-corrected chi connectivity index (χ2v) is 8.30. The van der Waals surface area contributed by atoms with Crippen LogP contribution in [0.4, 0.5) is 5.69 Å². The largest absolute Gasteiger partial charge is 0.497 e. The van der Waals surface area contributed by atoms with Gasteiger partial charge in [0.05, 0.1) is 17.4 Å². The summed E-state index contributed by atoms with van der Waals surface area (Å²) in [6.07, 6.45) is 1.44. The molecule has 0 aliphatic rings. The normalized spacial score (nSPS) is 11.3. The maximum atomic E-state index is 12.6. The van der Waals surface area contributed by atoms with Crippen LogP contribution >= 0.6 is 11.3 Å². The van der Waals surface area contributed by atoms with Gasteiger partial charge in [0.25, 0.3) is 10.0 Å². The van der Waals surface area contributed by atoms with E-state index in [1.165, 1.54) is 29.8 Å². The van der Waals surface area contributed by atoms with Crippen LogP contribution in [0.2, 0.25) is 0 Å². The van der Waals surface area contributed by atoms with Crippen LogP contribution in [0, 0.1) is 0 Å². The van der Waals surface area contributed by atoms with E-state index in [0.717, 1.165) is 10.2 Å². The third kappa shape index (κ3) is 3.75. The standard InChI is InChI=1S/C19H15N3O4S2/c1-25-14-4-2-13(3-5-14)22-28(23,24)16-8-6-15(7-9-16)26-18-17-10-11-27-19(17)21-12-20-18/h2-12,22H,1H3. The number of rotatable bonds is 6. The van der Waals surface area contributed by atoms with Crippen molar-refractivity contribution in [2.24, 2.45) is 0 Å². The molecule has 0 saturated carbocycles. The molecule has 7 nitrogen and oxygen atoms in total. The van der Waals surface area contributed by atoms with Crippen LogP contribution in [0.5, 0.6) is 17.4 Å². The molecule has 0 spiro atoms. The first kappa shape index (κ1) is 18.2. The lowest BCUT2D eigenvalue weighted by Crippen LogP contribution is -2.12. The van der Waals surface area contributed by atoms with E-state index in [-0.39, 0.29) is 4.90 Å². The van der Waals surface area contributed by atoms with Gasteiger partial charge in [-0.25, -0.2) is 18.4 Å². The van der Waals surface area contributed by atoms with Gasteiger partial charge in [0.15, 0.2) is 0 Å². The fourth-order valence-electron chi connectivity index (χ4n) is 2.52. The molecule has 28 heavy (non-hydrogen) atoms. The van der Waals surface area contributed by atoms with Crippen LogP contribution in [0.25, 0.3) is 10.2 Å². The Morgan fingerprint density at radius 1 is 0.929 bits per heavy atom. The maximum Gasteiger partial charge on any atom is 0.261 e. The van der Waals surface area contributed by atoms with E-state index in [1.54, 1.807) is 43.5 Å². The quantitative estimate of drug-likeness (QED) is 0.507. The van der Waals surface area contributed by atoms with E-state index in [2.05, 4.69) is 14.7 Å². The van der Waals surface area contributed by atoms with Crippen LogP contribution < -0.4 is 14.2 Å². The van der Waals surface area contributed by atoms with Crippen LogP contribution in [0.15, 0.2) is 71.2 Å². The van der Waals surface area contributed by atoms with Crippen molar-refractivity contribution in [3.05, 3.63) is 66.3 Å². The molecule has 0 atom stereocenters. The zero-order valence-corrected chi connectivity index (χ0v) is 16.3. The second kappa shape index (κ2) is 7.45. The highest BCUT2D eigenvalue weighted by atomic mass is 32.2. The predicted molar refractivity (Wildman–Crippen MR) is 108 cm³/mol. The number of thiophene rings is 1. The number of hydrogen-bond donors (Lipinski definition) is 1. The Hall–Kier alpha value is -3.17. The molecular formula is C19H15N3O4S2. The summed E-state index contributed by atoms with van der Waals surface area (Å²) in [6.45, 7) is 0. The molecule has 0 fully saturated rings. The molecule has 2 aromatic heterocycles. The number of fused-ring (bicyclic) bond motifs is 1. The van der Waals surface area contributed by atoms with E-state index < -0.39 is 10.0 Å². The summed E-state index contributed by atoms with van der Waals surface area (Å²) in [5, 5.41) is 2.72. The molecule has 0 radical (unpaired) electrons. The topological polar surface area (TPSA) is 90.4 Å². The first-order chi connectivity index (χ1) is 13.5. The fraction of sp³-hybridized carbons (Fsp3) is 0.0526. The highest BCUT2D eigenvalue weighted by Gasteiger charge is 2.15. The van der Waals surface area contributed by atoms with E-state index in [4.69, 9.17) is 9.47 Å². The summed E-state index contributed by atoms with van der Waals surface area (Å²) < 4.78 is 38.5. The molecule has 0 saturated heterocycles. The third-order valence-corrected chi connectivity index (χ3v) is 6.13. The van der Waals surface area contributed by atoms with Crippen molar-refractivity contribution in [1.29, 1.82) is 0 Å². The average Bonchev–Trinajstić information content (AvgIpc) is 3.19. The maximum absolute atomic E-state index is 12.6. The number of anilines is 1. The molecule has 0 unspecified atom stereocenters. The number of ether oxygens (including phenoxy) is 2. The second-order valence-electron chi connectivity index (χ2n) is 5.73.